The zero-order valence-corrected chi connectivity index (χ0v) is 14.3. The number of likely N-dealkylation sites (tertiary alicyclic amines) is 1. The van der Waals surface area contributed by atoms with Crippen molar-refractivity contribution in [1.29, 1.82) is 0 Å². The normalized spacial score (nSPS) is 19.3. The molecule has 0 aliphatic carbocycles. The molecular formula is C18H25F3N2O. The van der Waals surface area contributed by atoms with Gasteiger partial charge in [0.1, 0.15) is 0 Å². The quantitative estimate of drug-likeness (QED) is 0.809. The number of nitrogens with zero attached hydrogens (tertiary/aromatic N) is 2. The number of carbonyl (C=O) groups is 1. The zero-order valence-electron chi connectivity index (χ0n) is 14.3. The monoisotopic (exact) mass is 342 g/mol. The van der Waals surface area contributed by atoms with E-state index in [1.807, 2.05) is 0 Å². The maximum atomic E-state index is 13.1. The number of piperidine rings is 1. The first-order chi connectivity index (χ1) is 11.3. The van der Waals surface area contributed by atoms with Crippen LogP contribution in [0.25, 0.3) is 0 Å². The summed E-state index contributed by atoms with van der Waals surface area (Å²) in [5.74, 6) is -0.0832. The average Bonchev–Trinajstić information content (AvgIpc) is 2.54. The highest BCUT2D eigenvalue weighted by molar-refractivity contribution is 5.81. The molecule has 0 spiro atoms. The lowest BCUT2D eigenvalue weighted by atomic mass is 10.00. The molecular weight excluding hydrogens is 317 g/mol. The van der Waals surface area contributed by atoms with E-state index in [4.69, 9.17) is 0 Å². The number of benzene rings is 1. The first kappa shape index (κ1) is 18.8. The highest BCUT2D eigenvalue weighted by Gasteiger charge is 2.34. The molecule has 1 unspecified atom stereocenters. The van der Waals surface area contributed by atoms with Gasteiger partial charge in [0.05, 0.1) is 11.6 Å². The van der Waals surface area contributed by atoms with E-state index in [-0.39, 0.29) is 24.1 Å². The SMILES string of the molecule is CCCN1CCCCC1C(=O)N(C)Cc1ccccc1C(F)(F)F. The Morgan fingerprint density at radius 2 is 2.00 bits per heavy atom. The molecule has 1 aliphatic heterocycles. The second-order valence-electron chi connectivity index (χ2n) is 6.40. The third-order valence-electron chi connectivity index (χ3n) is 4.52. The third kappa shape index (κ3) is 4.50. The van der Waals surface area contributed by atoms with Gasteiger partial charge in [0.15, 0.2) is 0 Å². The first-order valence-corrected chi connectivity index (χ1v) is 8.48. The van der Waals surface area contributed by atoms with Gasteiger partial charge in [0, 0.05) is 13.6 Å². The molecule has 1 saturated heterocycles. The molecule has 1 amide bonds. The summed E-state index contributed by atoms with van der Waals surface area (Å²) in [7, 11) is 1.59. The minimum atomic E-state index is -4.40. The predicted octanol–water partition coefficient (Wildman–Crippen LogP) is 3.93. The number of hydrogen-bond acceptors (Lipinski definition) is 2. The molecule has 1 aromatic carbocycles. The standard InChI is InChI=1S/C18H25F3N2O/c1-3-11-23-12-7-6-10-16(23)17(24)22(2)13-14-8-4-5-9-15(14)18(19,20)21/h4-5,8-9,16H,3,6-7,10-13H2,1-2H3. The summed E-state index contributed by atoms with van der Waals surface area (Å²) in [5.41, 5.74) is -0.530. The van der Waals surface area contributed by atoms with E-state index >= 15 is 0 Å². The number of likely N-dealkylation sites (N-methyl/N-ethyl adjacent to an activating group) is 1. The molecule has 0 radical (unpaired) electrons. The zero-order chi connectivity index (χ0) is 17.7. The number of carbonyl (C=O) groups excluding carboxylic acids is 1. The molecule has 0 saturated carbocycles. The molecule has 1 heterocycles. The Morgan fingerprint density at radius 3 is 2.67 bits per heavy atom. The molecule has 3 nitrogen and oxygen atoms in total. The summed E-state index contributed by atoms with van der Waals surface area (Å²) in [5, 5.41) is 0. The van der Waals surface area contributed by atoms with E-state index in [1.54, 1.807) is 13.1 Å². The van der Waals surface area contributed by atoms with Crippen molar-refractivity contribution in [3.05, 3.63) is 35.4 Å². The van der Waals surface area contributed by atoms with E-state index in [0.717, 1.165) is 44.8 Å². The summed E-state index contributed by atoms with van der Waals surface area (Å²) in [6, 6.07) is 5.25. The maximum absolute atomic E-state index is 13.1. The van der Waals surface area contributed by atoms with Crippen molar-refractivity contribution >= 4 is 5.91 Å². The van der Waals surface area contributed by atoms with Crippen molar-refractivity contribution in [2.24, 2.45) is 0 Å². The van der Waals surface area contributed by atoms with Crippen molar-refractivity contribution < 1.29 is 18.0 Å². The Morgan fingerprint density at radius 1 is 1.29 bits per heavy atom. The second-order valence-corrected chi connectivity index (χ2v) is 6.40. The molecule has 134 valence electrons. The fourth-order valence-electron chi connectivity index (χ4n) is 3.35. The Labute approximate surface area is 141 Å². The van der Waals surface area contributed by atoms with Crippen molar-refractivity contribution in [1.82, 2.24) is 9.80 Å². The molecule has 0 N–H and O–H groups in total. The fraction of sp³-hybridized carbons (Fsp3) is 0.611. The molecule has 1 fully saturated rings. The van der Waals surface area contributed by atoms with Gasteiger partial charge in [-0.15, -0.1) is 0 Å². The van der Waals surface area contributed by atoms with Crippen LogP contribution in [-0.2, 0) is 17.5 Å². The minimum Gasteiger partial charge on any atom is -0.340 e. The van der Waals surface area contributed by atoms with Crippen LogP contribution >= 0.6 is 0 Å². The average molecular weight is 342 g/mol. The van der Waals surface area contributed by atoms with Crippen LogP contribution < -0.4 is 0 Å². The van der Waals surface area contributed by atoms with Gasteiger partial charge in [-0.25, -0.2) is 0 Å². The first-order valence-electron chi connectivity index (χ1n) is 8.48. The Balaban J connectivity index is 2.12. The van der Waals surface area contributed by atoms with Gasteiger partial charge in [-0.05, 0) is 44.0 Å². The molecule has 1 aromatic rings. The van der Waals surface area contributed by atoms with E-state index in [9.17, 15) is 18.0 Å². The Bertz CT molecular complexity index is 557. The van der Waals surface area contributed by atoms with Crippen LogP contribution in [0.3, 0.4) is 0 Å². The third-order valence-corrected chi connectivity index (χ3v) is 4.52. The van der Waals surface area contributed by atoms with E-state index in [2.05, 4.69) is 11.8 Å². The maximum Gasteiger partial charge on any atom is 0.416 e. The Hall–Kier alpha value is -1.56. The summed E-state index contributed by atoms with van der Waals surface area (Å²) in [6.45, 7) is 3.78. The van der Waals surface area contributed by atoms with Crippen LogP contribution in [0.15, 0.2) is 24.3 Å². The van der Waals surface area contributed by atoms with E-state index < -0.39 is 11.7 Å². The highest BCUT2D eigenvalue weighted by atomic mass is 19.4. The molecule has 24 heavy (non-hydrogen) atoms. The van der Waals surface area contributed by atoms with Crippen molar-refractivity contribution in [2.45, 2.75) is 51.4 Å². The number of rotatable bonds is 5. The van der Waals surface area contributed by atoms with Gasteiger partial charge in [0.25, 0.3) is 0 Å². The number of alkyl halides is 3. The molecule has 1 atom stereocenters. The van der Waals surface area contributed by atoms with Crippen LogP contribution in [0.5, 0.6) is 0 Å². The lowest BCUT2D eigenvalue weighted by Crippen LogP contribution is -2.50. The number of amides is 1. The topological polar surface area (TPSA) is 23.6 Å². The highest BCUT2D eigenvalue weighted by Crippen LogP contribution is 2.32. The van der Waals surface area contributed by atoms with Crippen LogP contribution in [0.2, 0.25) is 0 Å². The van der Waals surface area contributed by atoms with Crippen LogP contribution in [0, 0.1) is 0 Å². The van der Waals surface area contributed by atoms with Gasteiger partial charge in [-0.2, -0.15) is 13.2 Å². The summed E-state index contributed by atoms with van der Waals surface area (Å²) >= 11 is 0. The number of halogens is 3. The van der Waals surface area contributed by atoms with Gasteiger partial charge < -0.3 is 4.90 Å². The van der Waals surface area contributed by atoms with Gasteiger partial charge in [0.2, 0.25) is 5.91 Å². The predicted molar refractivity (Wildman–Crippen MR) is 87.4 cm³/mol. The van der Waals surface area contributed by atoms with E-state index in [0.29, 0.717) is 0 Å². The fourth-order valence-corrected chi connectivity index (χ4v) is 3.35. The Kier molecular flexibility index (Phi) is 6.27. The van der Waals surface area contributed by atoms with Crippen molar-refractivity contribution in [2.75, 3.05) is 20.1 Å². The van der Waals surface area contributed by atoms with Crippen LogP contribution in [-0.4, -0.2) is 41.9 Å². The number of hydrogen-bond donors (Lipinski definition) is 0. The van der Waals surface area contributed by atoms with Crippen molar-refractivity contribution in [3.8, 4) is 0 Å². The molecule has 0 aromatic heterocycles. The molecule has 6 heteroatoms. The molecule has 0 bridgehead atoms. The molecule has 2 rings (SSSR count). The summed E-state index contributed by atoms with van der Waals surface area (Å²) < 4.78 is 39.3. The summed E-state index contributed by atoms with van der Waals surface area (Å²) in [6.07, 6.45) is -0.595. The van der Waals surface area contributed by atoms with Crippen LogP contribution in [0.1, 0.15) is 43.7 Å². The van der Waals surface area contributed by atoms with Gasteiger partial charge in [-0.3, -0.25) is 9.69 Å². The largest absolute Gasteiger partial charge is 0.416 e. The van der Waals surface area contributed by atoms with Gasteiger partial charge in [-0.1, -0.05) is 31.5 Å². The smallest absolute Gasteiger partial charge is 0.340 e. The van der Waals surface area contributed by atoms with E-state index in [1.165, 1.54) is 17.0 Å². The van der Waals surface area contributed by atoms with Crippen molar-refractivity contribution in [3.63, 3.8) is 0 Å². The minimum absolute atomic E-state index is 0.0228. The van der Waals surface area contributed by atoms with Gasteiger partial charge >= 0.3 is 6.18 Å². The molecule has 1 aliphatic rings. The second kappa shape index (κ2) is 8.01. The van der Waals surface area contributed by atoms with Crippen LogP contribution in [0.4, 0.5) is 13.2 Å². The lowest BCUT2D eigenvalue weighted by molar-refractivity contribution is -0.141. The summed E-state index contributed by atoms with van der Waals surface area (Å²) in [4.78, 5) is 16.4. The lowest BCUT2D eigenvalue weighted by Gasteiger charge is -2.36.